The minimum absolute atomic E-state index is 0.750. The Hall–Kier alpha value is -2.02. The molecular weight excluding hydrogens is 268 g/mol. The quantitative estimate of drug-likeness (QED) is 0.821. The predicted octanol–water partition coefficient (Wildman–Crippen LogP) is 0.670. The van der Waals surface area contributed by atoms with E-state index >= 15 is 0 Å². The van der Waals surface area contributed by atoms with Gasteiger partial charge in [-0.1, -0.05) is 5.16 Å². The summed E-state index contributed by atoms with van der Waals surface area (Å²) in [5, 5.41) is 12.6. The minimum atomic E-state index is 0.750. The highest BCUT2D eigenvalue weighted by Gasteiger charge is 2.21. The largest absolute Gasteiger partial charge is 0.353 e. The molecule has 1 saturated heterocycles. The van der Waals surface area contributed by atoms with E-state index in [4.69, 9.17) is 4.52 Å². The number of piperazine rings is 1. The van der Waals surface area contributed by atoms with E-state index in [1.165, 1.54) is 24.1 Å². The number of nitrogens with zero attached hydrogens (tertiary/aromatic N) is 6. The fourth-order valence-corrected chi connectivity index (χ4v) is 3.07. The summed E-state index contributed by atoms with van der Waals surface area (Å²) < 4.78 is 4.77. The van der Waals surface area contributed by atoms with Crippen LogP contribution >= 0.6 is 0 Å². The summed E-state index contributed by atoms with van der Waals surface area (Å²) in [5.74, 6) is 1.77. The van der Waals surface area contributed by atoms with Crippen LogP contribution in [0.3, 0.4) is 0 Å². The molecule has 1 aliphatic carbocycles. The molecule has 3 heterocycles. The Bertz CT molecular complexity index is 606. The highest BCUT2D eigenvalue weighted by Crippen LogP contribution is 2.23. The Morgan fingerprint density at radius 3 is 2.81 bits per heavy atom. The van der Waals surface area contributed by atoms with E-state index in [2.05, 4.69) is 36.2 Å². The molecule has 0 saturated carbocycles. The summed E-state index contributed by atoms with van der Waals surface area (Å²) in [6.45, 7) is 4.64. The first-order valence-electron chi connectivity index (χ1n) is 7.46. The van der Waals surface area contributed by atoms with Crippen molar-refractivity contribution in [1.82, 2.24) is 25.2 Å². The van der Waals surface area contributed by atoms with Crippen LogP contribution < -0.4 is 4.90 Å². The van der Waals surface area contributed by atoms with Crippen molar-refractivity contribution in [3.63, 3.8) is 0 Å². The fraction of sp³-hybridized carbons (Fsp3) is 0.571. The van der Waals surface area contributed by atoms with Gasteiger partial charge >= 0.3 is 0 Å². The SMILES string of the molecule is c1nc(CN2CCN(c3cc4c(nn3)CCC4)CC2)no1. The summed E-state index contributed by atoms with van der Waals surface area (Å²) in [4.78, 5) is 8.72. The van der Waals surface area contributed by atoms with Gasteiger partial charge < -0.3 is 9.42 Å². The van der Waals surface area contributed by atoms with Crippen molar-refractivity contribution >= 4 is 5.82 Å². The average molecular weight is 286 g/mol. The maximum atomic E-state index is 4.77. The minimum Gasteiger partial charge on any atom is -0.353 e. The highest BCUT2D eigenvalue weighted by molar-refractivity contribution is 5.43. The summed E-state index contributed by atoms with van der Waals surface area (Å²) in [7, 11) is 0. The Kier molecular flexibility index (Phi) is 3.27. The van der Waals surface area contributed by atoms with Crippen LogP contribution in [0.2, 0.25) is 0 Å². The molecule has 4 rings (SSSR count). The second-order valence-electron chi connectivity index (χ2n) is 5.64. The van der Waals surface area contributed by atoms with E-state index in [1.54, 1.807) is 0 Å². The monoisotopic (exact) mass is 286 g/mol. The molecule has 0 aromatic carbocycles. The van der Waals surface area contributed by atoms with Gasteiger partial charge in [0.25, 0.3) is 0 Å². The van der Waals surface area contributed by atoms with E-state index in [0.29, 0.717) is 0 Å². The Morgan fingerprint density at radius 1 is 1.10 bits per heavy atom. The molecule has 0 N–H and O–H groups in total. The van der Waals surface area contributed by atoms with Gasteiger partial charge in [0, 0.05) is 26.2 Å². The number of anilines is 1. The summed E-state index contributed by atoms with van der Waals surface area (Å²) in [6.07, 6.45) is 4.83. The van der Waals surface area contributed by atoms with Gasteiger partial charge in [0.15, 0.2) is 11.6 Å². The molecule has 0 unspecified atom stereocenters. The third kappa shape index (κ3) is 2.61. The van der Waals surface area contributed by atoms with Crippen LogP contribution in [0.25, 0.3) is 0 Å². The zero-order valence-electron chi connectivity index (χ0n) is 11.9. The number of hydrogen-bond donors (Lipinski definition) is 0. The molecule has 2 aromatic heterocycles. The highest BCUT2D eigenvalue weighted by atomic mass is 16.5. The van der Waals surface area contributed by atoms with E-state index in [9.17, 15) is 0 Å². The molecule has 0 amide bonds. The maximum Gasteiger partial charge on any atom is 0.213 e. The molecule has 2 aromatic rings. The molecule has 0 radical (unpaired) electrons. The van der Waals surface area contributed by atoms with E-state index in [-0.39, 0.29) is 0 Å². The normalized spacial score (nSPS) is 19.0. The topological polar surface area (TPSA) is 71.2 Å². The third-order valence-corrected chi connectivity index (χ3v) is 4.28. The van der Waals surface area contributed by atoms with Gasteiger partial charge in [0.05, 0.1) is 12.2 Å². The zero-order chi connectivity index (χ0) is 14.1. The van der Waals surface area contributed by atoms with Crippen molar-refractivity contribution in [2.75, 3.05) is 31.1 Å². The smallest absolute Gasteiger partial charge is 0.213 e. The number of rotatable bonds is 3. The molecule has 1 aliphatic heterocycles. The molecule has 110 valence electrons. The third-order valence-electron chi connectivity index (χ3n) is 4.28. The summed E-state index contributed by atoms with van der Waals surface area (Å²) in [5.41, 5.74) is 2.57. The van der Waals surface area contributed by atoms with Crippen LogP contribution in [0.4, 0.5) is 5.82 Å². The first-order valence-corrected chi connectivity index (χ1v) is 7.46. The lowest BCUT2D eigenvalue weighted by Gasteiger charge is -2.34. The second-order valence-corrected chi connectivity index (χ2v) is 5.64. The van der Waals surface area contributed by atoms with Crippen molar-refractivity contribution in [2.24, 2.45) is 0 Å². The van der Waals surface area contributed by atoms with Gasteiger partial charge in [-0.2, -0.15) is 10.1 Å². The maximum absolute atomic E-state index is 4.77. The van der Waals surface area contributed by atoms with E-state index in [0.717, 1.165) is 57.2 Å². The van der Waals surface area contributed by atoms with Gasteiger partial charge in [-0.05, 0) is 30.9 Å². The Morgan fingerprint density at radius 2 is 2.00 bits per heavy atom. The molecule has 21 heavy (non-hydrogen) atoms. The Balaban J connectivity index is 1.38. The predicted molar refractivity (Wildman–Crippen MR) is 75.8 cm³/mol. The Labute approximate surface area is 123 Å². The van der Waals surface area contributed by atoms with Crippen LogP contribution in [-0.4, -0.2) is 51.4 Å². The number of aryl methyl sites for hydroxylation is 2. The van der Waals surface area contributed by atoms with Crippen molar-refractivity contribution < 1.29 is 4.52 Å². The first-order chi connectivity index (χ1) is 10.4. The van der Waals surface area contributed by atoms with Crippen LogP contribution in [0.15, 0.2) is 17.0 Å². The molecule has 0 bridgehead atoms. The lowest BCUT2D eigenvalue weighted by molar-refractivity contribution is 0.239. The summed E-state index contributed by atoms with van der Waals surface area (Å²) in [6, 6.07) is 2.23. The van der Waals surface area contributed by atoms with Gasteiger partial charge in [-0.25, -0.2) is 0 Å². The molecular formula is C14H18N6O. The number of hydrogen-bond acceptors (Lipinski definition) is 7. The lowest BCUT2D eigenvalue weighted by Crippen LogP contribution is -2.46. The average Bonchev–Trinajstić information content (AvgIpc) is 3.18. The van der Waals surface area contributed by atoms with Gasteiger partial charge in [0.1, 0.15) is 0 Å². The van der Waals surface area contributed by atoms with Gasteiger partial charge in [0.2, 0.25) is 6.39 Å². The van der Waals surface area contributed by atoms with Crippen molar-refractivity contribution in [1.29, 1.82) is 0 Å². The first kappa shape index (κ1) is 12.7. The molecule has 0 atom stereocenters. The van der Waals surface area contributed by atoms with Crippen LogP contribution in [0, 0.1) is 0 Å². The molecule has 7 nitrogen and oxygen atoms in total. The molecule has 0 spiro atoms. The molecule has 2 aliphatic rings. The zero-order valence-corrected chi connectivity index (χ0v) is 11.9. The van der Waals surface area contributed by atoms with Crippen LogP contribution in [0.5, 0.6) is 0 Å². The van der Waals surface area contributed by atoms with E-state index in [1.807, 2.05) is 0 Å². The second kappa shape index (κ2) is 5.40. The van der Waals surface area contributed by atoms with Crippen LogP contribution in [0.1, 0.15) is 23.5 Å². The standard InChI is InChI=1S/C14H18N6O/c1-2-11-8-14(17-16-12(11)3-1)20-6-4-19(5-7-20)9-13-15-10-21-18-13/h8,10H,1-7,9H2. The molecule has 1 fully saturated rings. The van der Waals surface area contributed by atoms with Gasteiger partial charge in [-0.3, -0.25) is 4.90 Å². The fourth-order valence-electron chi connectivity index (χ4n) is 3.07. The number of aromatic nitrogens is 4. The van der Waals surface area contributed by atoms with E-state index < -0.39 is 0 Å². The molecule has 7 heteroatoms. The van der Waals surface area contributed by atoms with Crippen molar-refractivity contribution in [2.45, 2.75) is 25.8 Å². The lowest BCUT2D eigenvalue weighted by atomic mass is 10.2. The van der Waals surface area contributed by atoms with Crippen molar-refractivity contribution in [3.05, 3.63) is 29.5 Å². The van der Waals surface area contributed by atoms with Gasteiger partial charge in [-0.15, -0.1) is 5.10 Å². The summed E-state index contributed by atoms with van der Waals surface area (Å²) >= 11 is 0. The van der Waals surface area contributed by atoms with Crippen molar-refractivity contribution in [3.8, 4) is 0 Å². The van der Waals surface area contributed by atoms with Crippen LogP contribution in [-0.2, 0) is 19.4 Å². The number of fused-ring (bicyclic) bond motifs is 1.